The van der Waals surface area contributed by atoms with Crippen molar-refractivity contribution in [1.29, 1.82) is 0 Å². The van der Waals surface area contributed by atoms with Gasteiger partial charge >= 0.3 is 5.97 Å². The van der Waals surface area contributed by atoms with Crippen molar-refractivity contribution in [3.8, 4) is 5.75 Å². The highest BCUT2D eigenvalue weighted by atomic mass is 16.5. The molecule has 0 aliphatic carbocycles. The average Bonchev–Trinajstić information content (AvgIpc) is 1.98. The van der Waals surface area contributed by atoms with Crippen molar-refractivity contribution in [1.82, 2.24) is 0 Å². The summed E-state index contributed by atoms with van der Waals surface area (Å²) in [4.78, 5) is 10.7. The lowest BCUT2D eigenvalue weighted by molar-refractivity contribution is -0.131. The summed E-state index contributed by atoms with van der Waals surface area (Å²) in [5.74, 6) is 0.357. The Bertz CT molecular complexity index is 317. The highest BCUT2D eigenvalue weighted by molar-refractivity contribution is 5.69. The van der Waals surface area contributed by atoms with E-state index >= 15 is 0 Å². The third kappa shape index (κ3) is 2.31. The normalized spacial score (nSPS) is 9.85. The number of carbonyl (C=O) groups is 1. The zero-order valence-electron chi connectivity index (χ0n) is 8.47. The smallest absolute Gasteiger partial charge is 0.308 e. The summed E-state index contributed by atoms with van der Waals surface area (Å²) in [6.45, 7) is 7.48. The van der Waals surface area contributed by atoms with Crippen LogP contribution in [0.5, 0.6) is 5.75 Å². The lowest BCUT2D eigenvalue weighted by Crippen LogP contribution is -2.02. The monoisotopic (exact) mass is 178 g/mol. The molecular weight excluding hydrogens is 164 g/mol. The zero-order chi connectivity index (χ0) is 10.0. The summed E-state index contributed by atoms with van der Waals surface area (Å²) in [6, 6.07) is 3.76. The van der Waals surface area contributed by atoms with Crippen molar-refractivity contribution >= 4 is 5.97 Å². The van der Waals surface area contributed by atoms with Crippen molar-refractivity contribution in [2.45, 2.75) is 27.7 Å². The van der Waals surface area contributed by atoms with Gasteiger partial charge in [-0.1, -0.05) is 0 Å². The van der Waals surface area contributed by atoms with Crippen LogP contribution in [0.4, 0.5) is 0 Å². The molecule has 0 N–H and O–H groups in total. The van der Waals surface area contributed by atoms with Crippen LogP contribution in [0.2, 0.25) is 0 Å². The summed E-state index contributed by atoms with van der Waals surface area (Å²) in [5.41, 5.74) is 3.54. The molecule has 0 fully saturated rings. The molecule has 0 amide bonds. The number of hydrogen-bond donors (Lipinski definition) is 0. The molecule has 0 saturated carbocycles. The Labute approximate surface area is 78.5 Å². The van der Waals surface area contributed by atoms with E-state index in [1.807, 2.05) is 26.0 Å². The number of rotatable bonds is 1. The molecule has 0 aliphatic rings. The fourth-order valence-corrected chi connectivity index (χ4v) is 1.22. The van der Waals surface area contributed by atoms with Crippen molar-refractivity contribution < 1.29 is 9.53 Å². The molecule has 0 atom stereocenters. The van der Waals surface area contributed by atoms with Gasteiger partial charge in [0, 0.05) is 6.92 Å². The van der Waals surface area contributed by atoms with Crippen molar-refractivity contribution in [2.24, 2.45) is 0 Å². The lowest BCUT2D eigenvalue weighted by Gasteiger charge is -2.07. The van der Waals surface area contributed by atoms with Gasteiger partial charge in [0.15, 0.2) is 0 Å². The first-order valence-corrected chi connectivity index (χ1v) is 4.27. The molecule has 2 nitrogen and oxygen atoms in total. The van der Waals surface area contributed by atoms with Crippen LogP contribution in [-0.4, -0.2) is 5.97 Å². The summed E-state index contributed by atoms with van der Waals surface area (Å²) in [5, 5.41) is 0. The molecule has 13 heavy (non-hydrogen) atoms. The molecular formula is C11H14O2. The summed E-state index contributed by atoms with van der Waals surface area (Å²) in [7, 11) is 0. The van der Waals surface area contributed by atoms with Gasteiger partial charge in [-0.15, -0.1) is 0 Å². The van der Waals surface area contributed by atoms with E-state index in [1.165, 1.54) is 12.5 Å². The zero-order valence-corrected chi connectivity index (χ0v) is 8.47. The van der Waals surface area contributed by atoms with Crippen molar-refractivity contribution in [3.05, 3.63) is 28.8 Å². The van der Waals surface area contributed by atoms with Gasteiger partial charge in [-0.2, -0.15) is 0 Å². The standard InChI is InChI=1S/C11H14O2/c1-7-5-11(13-10(4)12)6-8(2)9(7)3/h5-6H,1-4H3. The van der Waals surface area contributed by atoms with Crippen molar-refractivity contribution in [2.75, 3.05) is 0 Å². The number of hydrogen-bond acceptors (Lipinski definition) is 2. The molecule has 0 aromatic heterocycles. The van der Waals surface area contributed by atoms with E-state index < -0.39 is 0 Å². The highest BCUT2D eigenvalue weighted by Gasteiger charge is 2.03. The third-order valence-corrected chi connectivity index (χ3v) is 2.16. The van der Waals surface area contributed by atoms with E-state index in [0.717, 1.165) is 11.1 Å². The topological polar surface area (TPSA) is 26.3 Å². The molecule has 0 saturated heterocycles. The summed E-state index contributed by atoms with van der Waals surface area (Å²) >= 11 is 0. The fourth-order valence-electron chi connectivity index (χ4n) is 1.22. The average molecular weight is 178 g/mol. The minimum Gasteiger partial charge on any atom is -0.427 e. The quantitative estimate of drug-likeness (QED) is 0.488. The maximum Gasteiger partial charge on any atom is 0.308 e. The molecule has 70 valence electrons. The van der Waals surface area contributed by atoms with Crippen LogP contribution < -0.4 is 4.74 Å². The van der Waals surface area contributed by atoms with Crippen LogP contribution in [0.25, 0.3) is 0 Å². The Balaban J connectivity index is 3.06. The number of ether oxygens (including phenoxy) is 1. The van der Waals surface area contributed by atoms with Gasteiger partial charge in [0.2, 0.25) is 0 Å². The summed E-state index contributed by atoms with van der Waals surface area (Å²) < 4.78 is 4.99. The number of benzene rings is 1. The maximum absolute atomic E-state index is 10.7. The lowest BCUT2D eigenvalue weighted by atomic mass is 10.0. The Morgan fingerprint density at radius 2 is 1.62 bits per heavy atom. The van der Waals surface area contributed by atoms with Crippen LogP contribution in [0.3, 0.4) is 0 Å². The van der Waals surface area contributed by atoms with Gasteiger partial charge < -0.3 is 4.74 Å². The first-order chi connectivity index (χ1) is 6.00. The molecule has 0 heterocycles. The predicted octanol–water partition coefficient (Wildman–Crippen LogP) is 2.54. The molecule has 1 aromatic carbocycles. The second-order valence-electron chi connectivity index (χ2n) is 3.28. The largest absolute Gasteiger partial charge is 0.427 e. The number of esters is 1. The van der Waals surface area contributed by atoms with Gasteiger partial charge in [0.05, 0.1) is 0 Å². The van der Waals surface area contributed by atoms with Crippen LogP contribution in [-0.2, 0) is 4.79 Å². The Morgan fingerprint density at radius 3 is 2.00 bits per heavy atom. The molecule has 0 unspecified atom stereocenters. The second kappa shape index (κ2) is 3.60. The van der Waals surface area contributed by atoms with Crippen LogP contribution in [0.1, 0.15) is 23.6 Å². The molecule has 1 aromatic rings. The Hall–Kier alpha value is -1.31. The highest BCUT2D eigenvalue weighted by Crippen LogP contribution is 2.20. The van der Waals surface area contributed by atoms with Crippen LogP contribution in [0, 0.1) is 20.8 Å². The van der Waals surface area contributed by atoms with E-state index in [2.05, 4.69) is 6.92 Å². The summed E-state index contributed by atoms with van der Waals surface area (Å²) in [6.07, 6.45) is 0. The van der Waals surface area contributed by atoms with E-state index in [9.17, 15) is 4.79 Å². The van der Waals surface area contributed by atoms with Gasteiger partial charge in [-0.25, -0.2) is 0 Å². The fraction of sp³-hybridized carbons (Fsp3) is 0.364. The third-order valence-electron chi connectivity index (χ3n) is 2.16. The Morgan fingerprint density at radius 1 is 1.15 bits per heavy atom. The molecule has 0 radical (unpaired) electrons. The van der Waals surface area contributed by atoms with Gasteiger partial charge in [-0.3, -0.25) is 4.79 Å². The van der Waals surface area contributed by atoms with Crippen molar-refractivity contribution in [3.63, 3.8) is 0 Å². The van der Waals surface area contributed by atoms with E-state index in [0.29, 0.717) is 5.75 Å². The van der Waals surface area contributed by atoms with E-state index in [1.54, 1.807) is 0 Å². The SMILES string of the molecule is CC(=O)Oc1cc(C)c(C)c(C)c1. The molecule has 0 spiro atoms. The van der Waals surface area contributed by atoms with Gasteiger partial charge in [0.1, 0.15) is 5.75 Å². The van der Waals surface area contributed by atoms with E-state index in [-0.39, 0.29) is 5.97 Å². The molecule has 0 bridgehead atoms. The van der Waals surface area contributed by atoms with E-state index in [4.69, 9.17) is 4.74 Å². The maximum atomic E-state index is 10.7. The van der Waals surface area contributed by atoms with Gasteiger partial charge in [-0.05, 0) is 49.6 Å². The van der Waals surface area contributed by atoms with Crippen LogP contribution in [0.15, 0.2) is 12.1 Å². The molecule has 1 rings (SSSR count). The molecule has 2 heteroatoms. The first-order valence-electron chi connectivity index (χ1n) is 4.27. The van der Waals surface area contributed by atoms with Gasteiger partial charge in [0.25, 0.3) is 0 Å². The van der Waals surface area contributed by atoms with Crippen LogP contribution >= 0.6 is 0 Å². The minimum atomic E-state index is -0.275. The first kappa shape index (κ1) is 9.78. The molecule has 0 aliphatic heterocycles. The minimum absolute atomic E-state index is 0.275. The Kier molecular flexibility index (Phi) is 2.71. The number of carbonyl (C=O) groups excluding carboxylic acids is 1. The number of aryl methyl sites for hydroxylation is 2. The second-order valence-corrected chi connectivity index (χ2v) is 3.28. The predicted molar refractivity (Wildman–Crippen MR) is 52.0 cm³/mol.